The van der Waals surface area contributed by atoms with Crippen molar-refractivity contribution in [3.8, 4) is 0 Å². The number of nitrogens with two attached hydrogens (primary N) is 1. The molecule has 0 heterocycles. The van der Waals surface area contributed by atoms with E-state index < -0.39 is 6.04 Å². The Kier molecular flexibility index (Phi) is 4.51. The molecule has 0 amide bonds. The molecule has 15 heavy (non-hydrogen) atoms. The molecule has 0 bridgehead atoms. The van der Waals surface area contributed by atoms with Crippen molar-refractivity contribution in [2.75, 3.05) is 6.61 Å². The minimum absolute atomic E-state index is 0.0543. The predicted molar refractivity (Wildman–Crippen MR) is 59.4 cm³/mol. The molecule has 1 rings (SSSR count). The van der Waals surface area contributed by atoms with Crippen LogP contribution in [0.5, 0.6) is 0 Å². The number of rotatable bonds is 4. The quantitative estimate of drug-likeness (QED) is 0.837. The first-order valence-corrected chi connectivity index (χ1v) is 5.26. The summed E-state index contributed by atoms with van der Waals surface area (Å²) < 4.78 is 13.7. The monoisotopic (exact) mass is 231 g/mol. The zero-order valence-electron chi connectivity index (χ0n) is 8.63. The topological polar surface area (TPSA) is 46.2 Å². The molecule has 0 fully saturated rings. The van der Waals surface area contributed by atoms with Gasteiger partial charge in [-0.2, -0.15) is 0 Å². The van der Waals surface area contributed by atoms with E-state index in [-0.39, 0.29) is 12.4 Å². The lowest BCUT2D eigenvalue weighted by atomic mass is 10.00. The minimum Gasteiger partial charge on any atom is -0.396 e. The second-order valence-electron chi connectivity index (χ2n) is 3.56. The van der Waals surface area contributed by atoms with Gasteiger partial charge < -0.3 is 10.8 Å². The fraction of sp³-hybridized carbons (Fsp3) is 0.455. The molecule has 0 aliphatic rings. The van der Waals surface area contributed by atoms with Gasteiger partial charge in [-0.05, 0) is 31.4 Å². The van der Waals surface area contributed by atoms with Crippen molar-refractivity contribution >= 4 is 11.6 Å². The summed E-state index contributed by atoms with van der Waals surface area (Å²) in [6.07, 6.45) is 1.07. The number of aliphatic hydroxyl groups is 1. The molecule has 1 atom stereocenters. The molecule has 0 saturated heterocycles. The Bertz CT molecular complexity index is 344. The second-order valence-corrected chi connectivity index (χ2v) is 3.97. The number of benzene rings is 1. The molecule has 0 aliphatic heterocycles. The molecular formula is C11H15ClFNO. The molecule has 0 unspecified atom stereocenters. The van der Waals surface area contributed by atoms with Crippen LogP contribution in [0.25, 0.3) is 0 Å². The van der Waals surface area contributed by atoms with E-state index in [0.29, 0.717) is 29.0 Å². The van der Waals surface area contributed by atoms with E-state index >= 15 is 0 Å². The van der Waals surface area contributed by atoms with Crippen LogP contribution in [-0.2, 0) is 0 Å². The molecule has 0 aromatic heterocycles. The van der Waals surface area contributed by atoms with Gasteiger partial charge in [-0.25, -0.2) is 4.39 Å². The molecular weight excluding hydrogens is 217 g/mol. The Morgan fingerprint density at radius 2 is 2.20 bits per heavy atom. The fourth-order valence-corrected chi connectivity index (χ4v) is 1.76. The van der Waals surface area contributed by atoms with E-state index in [1.807, 2.05) is 0 Å². The maximum absolute atomic E-state index is 13.7. The van der Waals surface area contributed by atoms with Crippen molar-refractivity contribution in [1.29, 1.82) is 0 Å². The molecule has 84 valence electrons. The van der Waals surface area contributed by atoms with Gasteiger partial charge >= 0.3 is 0 Å². The van der Waals surface area contributed by atoms with Crippen LogP contribution in [0.3, 0.4) is 0 Å². The predicted octanol–water partition coefficient (Wildman–Crippen LogP) is 2.56. The largest absolute Gasteiger partial charge is 0.396 e. The Balaban J connectivity index is 2.96. The zero-order valence-corrected chi connectivity index (χ0v) is 9.39. The van der Waals surface area contributed by atoms with E-state index in [1.165, 1.54) is 0 Å². The smallest absolute Gasteiger partial charge is 0.132 e. The average Bonchev–Trinajstić information content (AvgIpc) is 2.21. The van der Waals surface area contributed by atoms with Gasteiger partial charge in [-0.1, -0.05) is 17.7 Å². The average molecular weight is 232 g/mol. The Morgan fingerprint density at radius 3 is 2.80 bits per heavy atom. The van der Waals surface area contributed by atoms with E-state index in [2.05, 4.69) is 0 Å². The normalized spacial score (nSPS) is 12.9. The molecule has 0 spiro atoms. The standard InChI is InChI=1S/C11H15ClFNO/c1-7-4-5-8(12)10(11(7)13)9(14)3-2-6-15/h4-5,9,15H,2-3,6,14H2,1H3/t9-/m1/s1. The summed E-state index contributed by atoms with van der Waals surface area (Å²) in [6.45, 7) is 1.73. The van der Waals surface area contributed by atoms with Crippen LogP contribution in [-0.4, -0.2) is 11.7 Å². The maximum Gasteiger partial charge on any atom is 0.132 e. The van der Waals surface area contributed by atoms with Crippen molar-refractivity contribution < 1.29 is 9.50 Å². The highest BCUT2D eigenvalue weighted by molar-refractivity contribution is 6.31. The third kappa shape index (κ3) is 2.91. The second kappa shape index (κ2) is 5.45. The maximum atomic E-state index is 13.7. The third-order valence-corrected chi connectivity index (χ3v) is 2.69. The summed E-state index contributed by atoms with van der Waals surface area (Å²) >= 11 is 5.89. The SMILES string of the molecule is Cc1ccc(Cl)c([C@H](N)CCCO)c1F. The van der Waals surface area contributed by atoms with Gasteiger partial charge in [-0.15, -0.1) is 0 Å². The first-order valence-electron chi connectivity index (χ1n) is 4.89. The minimum atomic E-state index is -0.454. The van der Waals surface area contributed by atoms with Crippen molar-refractivity contribution in [1.82, 2.24) is 0 Å². The van der Waals surface area contributed by atoms with E-state index in [1.54, 1.807) is 19.1 Å². The Morgan fingerprint density at radius 1 is 1.53 bits per heavy atom. The lowest BCUT2D eigenvalue weighted by Gasteiger charge is -2.15. The number of aryl methyl sites for hydroxylation is 1. The highest BCUT2D eigenvalue weighted by atomic mass is 35.5. The molecule has 1 aromatic rings. The molecule has 2 nitrogen and oxygen atoms in total. The number of hydrogen-bond acceptors (Lipinski definition) is 2. The highest BCUT2D eigenvalue weighted by Gasteiger charge is 2.16. The summed E-state index contributed by atoms with van der Waals surface area (Å²) in [5, 5.41) is 9.02. The van der Waals surface area contributed by atoms with Crippen LogP contribution < -0.4 is 5.73 Å². The summed E-state index contributed by atoms with van der Waals surface area (Å²) in [7, 11) is 0. The summed E-state index contributed by atoms with van der Waals surface area (Å²) in [6, 6.07) is 2.82. The van der Waals surface area contributed by atoms with E-state index in [9.17, 15) is 4.39 Å². The van der Waals surface area contributed by atoms with Crippen LogP contribution in [0.1, 0.15) is 30.0 Å². The highest BCUT2D eigenvalue weighted by Crippen LogP contribution is 2.28. The van der Waals surface area contributed by atoms with Crippen LogP contribution in [0, 0.1) is 12.7 Å². The number of halogens is 2. The van der Waals surface area contributed by atoms with Crippen LogP contribution >= 0.6 is 11.6 Å². The molecule has 0 saturated carbocycles. The van der Waals surface area contributed by atoms with Crippen molar-refractivity contribution in [2.45, 2.75) is 25.8 Å². The van der Waals surface area contributed by atoms with Gasteiger partial charge in [0.1, 0.15) is 5.82 Å². The van der Waals surface area contributed by atoms with Gasteiger partial charge in [0.15, 0.2) is 0 Å². The van der Waals surface area contributed by atoms with Crippen molar-refractivity contribution in [2.24, 2.45) is 5.73 Å². The van der Waals surface area contributed by atoms with Crippen LogP contribution in [0.15, 0.2) is 12.1 Å². The molecule has 0 radical (unpaired) electrons. The Hall–Kier alpha value is -0.640. The lowest BCUT2D eigenvalue weighted by molar-refractivity contribution is 0.279. The van der Waals surface area contributed by atoms with Gasteiger partial charge in [0.25, 0.3) is 0 Å². The third-order valence-electron chi connectivity index (χ3n) is 2.36. The van der Waals surface area contributed by atoms with Crippen LogP contribution in [0.2, 0.25) is 5.02 Å². The van der Waals surface area contributed by atoms with Gasteiger partial charge in [0.2, 0.25) is 0 Å². The molecule has 4 heteroatoms. The first kappa shape index (κ1) is 12.4. The van der Waals surface area contributed by atoms with E-state index in [4.69, 9.17) is 22.4 Å². The summed E-state index contributed by atoms with van der Waals surface area (Å²) in [4.78, 5) is 0. The van der Waals surface area contributed by atoms with Crippen molar-refractivity contribution in [3.63, 3.8) is 0 Å². The Labute approximate surface area is 93.9 Å². The zero-order chi connectivity index (χ0) is 11.4. The van der Waals surface area contributed by atoms with E-state index in [0.717, 1.165) is 0 Å². The van der Waals surface area contributed by atoms with Crippen molar-refractivity contribution in [3.05, 3.63) is 34.1 Å². The molecule has 3 N–H and O–H groups in total. The number of hydrogen-bond donors (Lipinski definition) is 2. The number of aliphatic hydroxyl groups excluding tert-OH is 1. The molecule has 0 aliphatic carbocycles. The van der Waals surface area contributed by atoms with Gasteiger partial charge in [0.05, 0.1) is 0 Å². The summed E-state index contributed by atoms with van der Waals surface area (Å²) in [5.74, 6) is -0.340. The molecule has 1 aromatic carbocycles. The van der Waals surface area contributed by atoms with Crippen LogP contribution in [0.4, 0.5) is 4.39 Å². The van der Waals surface area contributed by atoms with Gasteiger partial charge in [0, 0.05) is 23.2 Å². The first-order chi connectivity index (χ1) is 7.07. The lowest BCUT2D eigenvalue weighted by Crippen LogP contribution is -2.14. The fourth-order valence-electron chi connectivity index (χ4n) is 1.47. The summed E-state index contributed by atoms with van der Waals surface area (Å²) in [5.41, 5.74) is 6.70. The van der Waals surface area contributed by atoms with Gasteiger partial charge in [-0.3, -0.25) is 0 Å².